The van der Waals surface area contributed by atoms with Crippen LogP contribution < -0.4 is 9.46 Å². The number of rotatable bonds is 6. The fourth-order valence-corrected chi connectivity index (χ4v) is 3.42. The second-order valence-electron chi connectivity index (χ2n) is 5.60. The molecule has 3 aromatic carbocycles. The van der Waals surface area contributed by atoms with E-state index in [4.69, 9.17) is 4.74 Å². The van der Waals surface area contributed by atoms with E-state index in [1.807, 2.05) is 18.2 Å². The normalized spacial score (nSPS) is 11.0. The van der Waals surface area contributed by atoms with Gasteiger partial charge in [-0.15, -0.1) is 0 Å². The summed E-state index contributed by atoms with van der Waals surface area (Å²) in [4.78, 5) is 11.8. The molecule has 0 bridgehead atoms. The van der Waals surface area contributed by atoms with Crippen LogP contribution in [0.4, 0.5) is 5.69 Å². The van der Waals surface area contributed by atoms with E-state index >= 15 is 0 Å². The van der Waals surface area contributed by atoms with Crippen LogP contribution in [0.2, 0.25) is 0 Å². The van der Waals surface area contributed by atoms with Gasteiger partial charge in [0.25, 0.3) is 10.0 Å². The fraction of sp³-hybridized carbons (Fsp3) is 0.0500. The summed E-state index contributed by atoms with van der Waals surface area (Å²) in [6.07, 6.45) is 0. The number of anilines is 1. The minimum absolute atomic E-state index is 0.124. The number of ether oxygens (including phenoxy) is 1. The van der Waals surface area contributed by atoms with Gasteiger partial charge in [-0.2, -0.15) is 0 Å². The monoisotopic (exact) mass is 367 g/mol. The van der Waals surface area contributed by atoms with Gasteiger partial charge in [0.15, 0.2) is 11.5 Å². The van der Waals surface area contributed by atoms with Crippen molar-refractivity contribution in [2.24, 2.45) is 0 Å². The van der Waals surface area contributed by atoms with Crippen molar-refractivity contribution in [2.75, 3.05) is 4.72 Å². The van der Waals surface area contributed by atoms with Gasteiger partial charge < -0.3 is 4.74 Å². The Balaban J connectivity index is 2.00. The lowest BCUT2D eigenvalue weighted by Gasteiger charge is -2.14. The molecule has 0 aliphatic heterocycles. The molecule has 26 heavy (non-hydrogen) atoms. The van der Waals surface area contributed by atoms with Gasteiger partial charge in [-0.3, -0.25) is 9.52 Å². The third-order valence-corrected chi connectivity index (χ3v) is 5.04. The molecular weight excluding hydrogens is 350 g/mol. The van der Waals surface area contributed by atoms with Gasteiger partial charge in [0.2, 0.25) is 0 Å². The largest absolute Gasteiger partial charge is 0.455 e. The molecule has 0 saturated carbocycles. The van der Waals surface area contributed by atoms with Gasteiger partial charge in [0.1, 0.15) is 5.75 Å². The summed E-state index contributed by atoms with van der Waals surface area (Å²) < 4.78 is 33.6. The van der Waals surface area contributed by atoms with Crippen molar-refractivity contribution < 1.29 is 17.9 Å². The van der Waals surface area contributed by atoms with Crippen LogP contribution in [0, 0.1) is 0 Å². The smallest absolute Gasteiger partial charge is 0.262 e. The van der Waals surface area contributed by atoms with Gasteiger partial charge >= 0.3 is 0 Å². The van der Waals surface area contributed by atoms with Crippen molar-refractivity contribution in [1.82, 2.24) is 0 Å². The van der Waals surface area contributed by atoms with Crippen molar-refractivity contribution in [3.63, 3.8) is 0 Å². The second kappa shape index (κ2) is 7.41. The molecule has 0 aromatic heterocycles. The Kier molecular flexibility index (Phi) is 5.04. The summed E-state index contributed by atoms with van der Waals surface area (Å²) in [6, 6.07) is 21.6. The predicted octanol–water partition coefficient (Wildman–Crippen LogP) is 4.48. The molecule has 0 amide bonds. The summed E-state index contributed by atoms with van der Waals surface area (Å²) in [6.45, 7) is 1.42. The number of para-hydroxylation sites is 1. The van der Waals surface area contributed by atoms with Crippen LogP contribution in [-0.4, -0.2) is 14.2 Å². The summed E-state index contributed by atoms with van der Waals surface area (Å²) in [5.41, 5.74) is 0.585. The number of sulfonamides is 1. The number of ketones is 1. The van der Waals surface area contributed by atoms with Crippen LogP contribution in [0.5, 0.6) is 11.5 Å². The molecular formula is C20H17NO4S. The van der Waals surface area contributed by atoms with Crippen LogP contribution in [0.25, 0.3) is 0 Å². The molecule has 0 aliphatic carbocycles. The number of carbonyl (C=O) groups excluding carboxylic acids is 1. The summed E-state index contributed by atoms with van der Waals surface area (Å²) in [7, 11) is -3.81. The molecule has 3 rings (SSSR count). The Hall–Kier alpha value is -3.12. The van der Waals surface area contributed by atoms with Crippen molar-refractivity contribution in [3.05, 3.63) is 84.4 Å². The molecule has 5 nitrogen and oxygen atoms in total. The van der Waals surface area contributed by atoms with Crippen LogP contribution in [0.1, 0.15) is 17.3 Å². The Morgan fingerprint density at radius 1 is 0.885 bits per heavy atom. The number of carbonyl (C=O) groups is 1. The lowest BCUT2D eigenvalue weighted by Crippen LogP contribution is -2.14. The highest BCUT2D eigenvalue weighted by molar-refractivity contribution is 7.92. The molecule has 0 unspecified atom stereocenters. The number of Topliss-reactive ketones (excluding diaryl/α,β-unsaturated/α-hetero) is 1. The minimum Gasteiger partial charge on any atom is -0.455 e. The summed E-state index contributed by atoms with van der Waals surface area (Å²) >= 11 is 0. The standard InChI is InChI=1S/C20H17NO4S/c1-15(22)16-12-13-20(25-17-8-4-2-5-9-17)19(14-16)21-26(23,24)18-10-6-3-7-11-18/h2-14,21H,1H3. The van der Waals surface area contributed by atoms with Crippen molar-refractivity contribution >= 4 is 21.5 Å². The second-order valence-corrected chi connectivity index (χ2v) is 7.28. The molecule has 0 saturated heterocycles. The molecule has 6 heteroatoms. The lowest BCUT2D eigenvalue weighted by atomic mass is 10.1. The number of nitrogens with one attached hydrogen (secondary N) is 1. The molecule has 0 radical (unpaired) electrons. The molecule has 0 fully saturated rings. The third kappa shape index (κ3) is 4.10. The number of hydrogen-bond acceptors (Lipinski definition) is 4. The first-order chi connectivity index (χ1) is 12.5. The Morgan fingerprint density at radius 2 is 1.50 bits per heavy atom. The van der Waals surface area contributed by atoms with Gasteiger partial charge in [0, 0.05) is 5.56 Å². The van der Waals surface area contributed by atoms with E-state index < -0.39 is 10.0 Å². The maximum Gasteiger partial charge on any atom is 0.262 e. The Morgan fingerprint density at radius 3 is 2.12 bits per heavy atom. The van der Waals surface area contributed by atoms with Gasteiger partial charge in [-0.05, 0) is 49.4 Å². The van der Waals surface area contributed by atoms with Gasteiger partial charge in [0.05, 0.1) is 10.6 Å². The summed E-state index contributed by atoms with van der Waals surface area (Å²) in [5, 5.41) is 0. The van der Waals surface area contributed by atoms with Crippen LogP contribution >= 0.6 is 0 Å². The molecule has 0 aliphatic rings. The quantitative estimate of drug-likeness (QED) is 0.652. The predicted molar refractivity (Wildman–Crippen MR) is 100 cm³/mol. The molecule has 0 heterocycles. The van der Waals surface area contributed by atoms with Crippen molar-refractivity contribution in [3.8, 4) is 11.5 Å². The first kappa shape index (κ1) is 17.7. The molecule has 0 spiro atoms. The highest BCUT2D eigenvalue weighted by Gasteiger charge is 2.18. The van der Waals surface area contributed by atoms with Gasteiger partial charge in [-0.1, -0.05) is 36.4 Å². The highest BCUT2D eigenvalue weighted by Crippen LogP contribution is 2.32. The number of hydrogen-bond donors (Lipinski definition) is 1. The maximum atomic E-state index is 12.6. The van der Waals surface area contributed by atoms with E-state index in [1.165, 1.54) is 25.1 Å². The van der Waals surface area contributed by atoms with E-state index in [0.29, 0.717) is 17.1 Å². The highest BCUT2D eigenvalue weighted by atomic mass is 32.2. The first-order valence-corrected chi connectivity index (χ1v) is 9.40. The maximum absolute atomic E-state index is 12.6. The third-order valence-electron chi connectivity index (χ3n) is 3.65. The van der Waals surface area contributed by atoms with E-state index in [-0.39, 0.29) is 16.4 Å². The SMILES string of the molecule is CC(=O)c1ccc(Oc2ccccc2)c(NS(=O)(=O)c2ccccc2)c1. The summed E-state index contributed by atoms with van der Waals surface area (Å²) in [5.74, 6) is 0.695. The van der Waals surface area contributed by atoms with Crippen molar-refractivity contribution in [1.29, 1.82) is 0 Å². The van der Waals surface area contributed by atoms with E-state index in [2.05, 4.69) is 4.72 Å². The van der Waals surface area contributed by atoms with E-state index in [1.54, 1.807) is 42.5 Å². The van der Waals surface area contributed by atoms with Crippen LogP contribution in [0.15, 0.2) is 83.8 Å². The molecule has 0 atom stereocenters. The Bertz CT molecular complexity index is 1020. The van der Waals surface area contributed by atoms with E-state index in [0.717, 1.165) is 0 Å². The zero-order valence-corrected chi connectivity index (χ0v) is 14.9. The average Bonchev–Trinajstić information content (AvgIpc) is 2.64. The zero-order chi connectivity index (χ0) is 18.6. The lowest BCUT2D eigenvalue weighted by molar-refractivity contribution is 0.101. The first-order valence-electron chi connectivity index (χ1n) is 7.91. The zero-order valence-electron chi connectivity index (χ0n) is 14.0. The molecule has 3 aromatic rings. The molecule has 132 valence electrons. The van der Waals surface area contributed by atoms with Crippen molar-refractivity contribution in [2.45, 2.75) is 11.8 Å². The Labute approximate surface area is 152 Å². The van der Waals surface area contributed by atoms with Crippen LogP contribution in [-0.2, 0) is 10.0 Å². The average molecular weight is 367 g/mol. The fourth-order valence-electron chi connectivity index (χ4n) is 2.34. The van der Waals surface area contributed by atoms with E-state index in [9.17, 15) is 13.2 Å². The van der Waals surface area contributed by atoms with Gasteiger partial charge in [-0.25, -0.2) is 8.42 Å². The minimum atomic E-state index is -3.81. The number of benzene rings is 3. The van der Waals surface area contributed by atoms with Crippen LogP contribution in [0.3, 0.4) is 0 Å². The molecule has 1 N–H and O–H groups in total. The topological polar surface area (TPSA) is 72.5 Å².